The second kappa shape index (κ2) is 9.06. The van der Waals surface area contributed by atoms with Gasteiger partial charge in [0.1, 0.15) is 24.2 Å². The SMILES string of the molecule is CCCOCn1c(-c2c(-c3ccccc3F)ccnc2N2CCC(F)(F)C2)nc2ccncc21. The fraction of sp³-hybridized carbons (Fsp3) is 0.320. The van der Waals surface area contributed by atoms with Gasteiger partial charge >= 0.3 is 0 Å². The minimum absolute atomic E-state index is 0.141. The molecule has 0 bridgehead atoms. The summed E-state index contributed by atoms with van der Waals surface area (Å²) in [4.78, 5) is 15.1. The van der Waals surface area contributed by atoms with Gasteiger partial charge in [-0.1, -0.05) is 25.1 Å². The monoisotopic (exact) mass is 467 g/mol. The van der Waals surface area contributed by atoms with Crippen LogP contribution >= 0.6 is 0 Å². The van der Waals surface area contributed by atoms with Crippen LogP contribution in [0.5, 0.6) is 0 Å². The van der Waals surface area contributed by atoms with Crippen molar-refractivity contribution in [3.8, 4) is 22.5 Å². The first-order valence-electron chi connectivity index (χ1n) is 11.2. The number of anilines is 1. The lowest BCUT2D eigenvalue weighted by Gasteiger charge is -2.23. The zero-order valence-electron chi connectivity index (χ0n) is 18.7. The minimum Gasteiger partial charge on any atom is -0.361 e. The summed E-state index contributed by atoms with van der Waals surface area (Å²) in [6, 6.07) is 9.86. The van der Waals surface area contributed by atoms with Crippen LogP contribution in [-0.4, -0.2) is 45.1 Å². The molecule has 176 valence electrons. The van der Waals surface area contributed by atoms with E-state index in [9.17, 15) is 13.2 Å². The van der Waals surface area contributed by atoms with Crippen LogP contribution in [0.3, 0.4) is 0 Å². The van der Waals surface area contributed by atoms with Crippen LogP contribution in [0.15, 0.2) is 55.0 Å². The highest BCUT2D eigenvalue weighted by molar-refractivity contribution is 5.92. The molecule has 0 amide bonds. The predicted molar refractivity (Wildman–Crippen MR) is 124 cm³/mol. The van der Waals surface area contributed by atoms with E-state index in [-0.39, 0.29) is 19.7 Å². The number of fused-ring (bicyclic) bond motifs is 1. The molecule has 1 saturated heterocycles. The third kappa shape index (κ3) is 4.11. The molecule has 0 unspecified atom stereocenters. The minimum atomic E-state index is -2.82. The number of imidazole rings is 1. The summed E-state index contributed by atoms with van der Waals surface area (Å²) >= 11 is 0. The van der Waals surface area contributed by atoms with Gasteiger partial charge in [-0.2, -0.15) is 0 Å². The molecular formula is C25H24F3N5O. The van der Waals surface area contributed by atoms with E-state index in [2.05, 4.69) is 9.97 Å². The quantitative estimate of drug-likeness (QED) is 0.335. The Morgan fingerprint density at radius 2 is 1.94 bits per heavy atom. The summed E-state index contributed by atoms with van der Waals surface area (Å²) < 4.78 is 51.0. The molecule has 1 fully saturated rings. The van der Waals surface area contributed by atoms with E-state index in [0.29, 0.717) is 40.5 Å². The van der Waals surface area contributed by atoms with Crippen LogP contribution in [0.4, 0.5) is 19.0 Å². The van der Waals surface area contributed by atoms with Crippen molar-refractivity contribution in [2.24, 2.45) is 0 Å². The number of pyridine rings is 2. The molecule has 6 nitrogen and oxygen atoms in total. The number of alkyl halides is 2. The third-order valence-corrected chi connectivity index (χ3v) is 5.91. The third-order valence-electron chi connectivity index (χ3n) is 5.91. The van der Waals surface area contributed by atoms with E-state index in [1.54, 1.807) is 47.6 Å². The van der Waals surface area contributed by atoms with Crippen molar-refractivity contribution in [2.75, 3.05) is 24.6 Å². The second-order valence-electron chi connectivity index (χ2n) is 8.33. The number of ether oxygens (including phenoxy) is 1. The number of hydrogen-bond acceptors (Lipinski definition) is 5. The first-order chi connectivity index (χ1) is 16.5. The smallest absolute Gasteiger partial charge is 0.266 e. The van der Waals surface area contributed by atoms with Gasteiger partial charge in [-0.05, 0) is 24.6 Å². The molecule has 0 aliphatic carbocycles. The summed E-state index contributed by atoms with van der Waals surface area (Å²) in [5, 5.41) is 0. The summed E-state index contributed by atoms with van der Waals surface area (Å²) in [6.07, 6.45) is 5.42. The van der Waals surface area contributed by atoms with Gasteiger partial charge in [0.2, 0.25) is 0 Å². The highest BCUT2D eigenvalue weighted by Crippen LogP contribution is 2.42. The standard InChI is InChI=1S/C25H24F3N5O/c1-2-13-34-16-33-21-14-29-10-8-20(21)31-24(33)22-18(17-5-3-4-6-19(17)26)7-11-30-23(22)32-12-9-25(27,28)15-32/h3-8,10-11,14H,2,9,12-13,15-16H2,1H3. The number of hydrogen-bond donors (Lipinski definition) is 0. The Hall–Kier alpha value is -3.46. The van der Waals surface area contributed by atoms with Crippen LogP contribution in [0.1, 0.15) is 19.8 Å². The van der Waals surface area contributed by atoms with Crippen molar-refractivity contribution in [2.45, 2.75) is 32.4 Å². The number of rotatable bonds is 7. The van der Waals surface area contributed by atoms with Gasteiger partial charge in [-0.15, -0.1) is 0 Å². The second-order valence-corrected chi connectivity index (χ2v) is 8.33. The first-order valence-corrected chi connectivity index (χ1v) is 11.2. The Morgan fingerprint density at radius 1 is 1.09 bits per heavy atom. The summed E-state index contributed by atoms with van der Waals surface area (Å²) in [7, 11) is 0. The normalized spacial score (nSPS) is 15.4. The number of nitrogens with zero attached hydrogens (tertiary/aromatic N) is 5. The number of aromatic nitrogens is 4. The molecule has 4 aromatic rings. The lowest BCUT2D eigenvalue weighted by Crippen LogP contribution is -2.26. The zero-order valence-corrected chi connectivity index (χ0v) is 18.7. The maximum absolute atomic E-state index is 14.9. The van der Waals surface area contributed by atoms with Gasteiger partial charge in [0, 0.05) is 43.1 Å². The molecule has 9 heteroatoms. The predicted octanol–water partition coefficient (Wildman–Crippen LogP) is 5.53. The molecule has 5 rings (SSSR count). The van der Waals surface area contributed by atoms with Crippen molar-refractivity contribution in [3.05, 3.63) is 60.8 Å². The molecule has 0 radical (unpaired) electrons. The van der Waals surface area contributed by atoms with Gasteiger partial charge in [0.15, 0.2) is 0 Å². The van der Waals surface area contributed by atoms with Crippen molar-refractivity contribution in [1.82, 2.24) is 19.5 Å². The van der Waals surface area contributed by atoms with Gasteiger partial charge in [0.25, 0.3) is 5.92 Å². The molecule has 1 aromatic carbocycles. The lowest BCUT2D eigenvalue weighted by molar-refractivity contribution is 0.0256. The largest absolute Gasteiger partial charge is 0.361 e. The summed E-state index contributed by atoms with van der Waals surface area (Å²) in [5.74, 6) is -2.42. The average molecular weight is 467 g/mol. The molecular weight excluding hydrogens is 443 g/mol. The Balaban J connectivity index is 1.77. The molecule has 1 aliphatic heterocycles. The molecule has 0 N–H and O–H groups in total. The van der Waals surface area contributed by atoms with Crippen LogP contribution < -0.4 is 4.90 Å². The van der Waals surface area contributed by atoms with Crippen LogP contribution in [0.2, 0.25) is 0 Å². The van der Waals surface area contributed by atoms with E-state index in [1.165, 1.54) is 12.3 Å². The van der Waals surface area contributed by atoms with Gasteiger partial charge in [0.05, 0.1) is 29.3 Å². The molecule has 3 aromatic heterocycles. The number of halogens is 3. The van der Waals surface area contributed by atoms with Crippen molar-refractivity contribution in [1.29, 1.82) is 0 Å². The van der Waals surface area contributed by atoms with E-state index in [0.717, 1.165) is 11.9 Å². The maximum Gasteiger partial charge on any atom is 0.266 e. The Bertz CT molecular complexity index is 1320. The summed E-state index contributed by atoms with van der Waals surface area (Å²) in [6.45, 7) is 2.42. The van der Waals surface area contributed by atoms with Crippen molar-refractivity contribution in [3.63, 3.8) is 0 Å². The Labute approximate surface area is 195 Å². The molecule has 0 atom stereocenters. The molecule has 0 saturated carbocycles. The van der Waals surface area contributed by atoms with E-state index in [1.807, 2.05) is 11.5 Å². The number of benzene rings is 1. The average Bonchev–Trinajstić information content (AvgIpc) is 3.39. The highest BCUT2D eigenvalue weighted by atomic mass is 19.3. The zero-order chi connectivity index (χ0) is 23.7. The van der Waals surface area contributed by atoms with Crippen molar-refractivity contribution < 1.29 is 17.9 Å². The van der Waals surface area contributed by atoms with E-state index >= 15 is 0 Å². The lowest BCUT2D eigenvalue weighted by atomic mass is 9.99. The highest BCUT2D eigenvalue weighted by Gasteiger charge is 2.40. The Kier molecular flexibility index (Phi) is 5.95. The van der Waals surface area contributed by atoms with Crippen LogP contribution in [-0.2, 0) is 11.5 Å². The van der Waals surface area contributed by atoms with Crippen LogP contribution in [0, 0.1) is 5.82 Å². The van der Waals surface area contributed by atoms with Crippen molar-refractivity contribution >= 4 is 16.9 Å². The maximum atomic E-state index is 14.9. The fourth-order valence-corrected chi connectivity index (χ4v) is 4.32. The van der Waals surface area contributed by atoms with E-state index in [4.69, 9.17) is 9.72 Å². The van der Waals surface area contributed by atoms with Gasteiger partial charge < -0.3 is 9.64 Å². The van der Waals surface area contributed by atoms with Crippen LogP contribution in [0.25, 0.3) is 33.5 Å². The topological polar surface area (TPSA) is 56.1 Å². The van der Waals surface area contributed by atoms with Gasteiger partial charge in [-0.3, -0.25) is 9.55 Å². The summed E-state index contributed by atoms with van der Waals surface area (Å²) in [5.41, 5.74) is 2.76. The molecule has 1 aliphatic rings. The molecule has 0 spiro atoms. The molecule has 34 heavy (non-hydrogen) atoms. The van der Waals surface area contributed by atoms with E-state index < -0.39 is 18.3 Å². The fourth-order valence-electron chi connectivity index (χ4n) is 4.32. The molecule has 4 heterocycles. The van der Waals surface area contributed by atoms with Gasteiger partial charge in [-0.25, -0.2) is 23.1 Å². The first kappa shape index (κ1) is 22.3. The Morgan fingerprint density at radius 3 is 2.71 bits per heavy atom.